The Morgan fingerprint density at radius 1 is 1.10 bits per heavy atom. The summed E-state index contributed by atoms with van der Waals surface area (Å²) in [4.78, 5) is 38.6. The van der Waals surface area contributed by atoms with E-state index in [4.69, 9.17) is 4.98 Å². The Balaban J connectivity index is 1.43. The highest BCUT2D eigenvalue weighted by molar-refractivity contribution is 5.81. The highest BCUT2D eigenvalue weighted by Gasteiger charge is 2.23. The van der Waals surface area contributed by atoms with E-state index in [-0.39, 0.29) is 23.9 Å². The van der Waals surface area contributed by atoms with Crippen molar-refractivity contribution < 1.29 is 4.79 Å². The molecule has 0 aliphatic carbocycles. The number of aromatic nitrogens is 4. The molecule has 30 heavy (non-hydrogen) atoms. The van der Waals surface area contributed by atoms with Gasteiger partial charge in [-0.1, -0.05) is 32.0 Å². The van der Waals surface area contributed by atoms with Crippen LogP contribution in [-0.4, -0.2) is 56.7 Å². The van der Waals surface area contributed by atoms with Crippen LogP contribution in [0.2, 0.25) is 0 Å². The minimum atomic E-state index is -0.238. The van der Waals surface area contributed by atoms with Gasteiger partial charge in [0, 0.05) is 49.2 Å². The zero-order valence-corrected chi connectivity index (χ0v) is 17.6. The second kappa shape index (κ2) is 8.22. The van der Waals surface area contributed by atoms with Gasteiger partial charge in [-0.05, 0) is 13.0 Å². The van der Waals surface area contributed by atoms with Crippen LogP contribution in [0.15, 0.2) is 41.3 Å². The lowest BCUT2D eigenvalue weighted by Gasteiger charge is -2.35. The molecule has 0 N–H and O–H groups in total. The third kappa shape index (κ3) is 4.03. The first-order valence-electron chi connectivity index (χ1n) is 10.3. The summed E-state index contributed by atoms with van der Waals surface area (Å²) in [5, 5.41) is 5.52. The molecule has 1 aliphatic heterocycles. The number of carbonyl (C=O) groups is 1. The van der Waals surface area contributed by atoms with E-state index in [0.29, 0.717) is 31.6 Å². The topological polar surface area (TPSA) is 84.2 Å². The summed E-state index contributed by atoms with van der Waals surface area (Å²) < 4.78 is 1.25. The lowest BCUT2D eigenvalue weighted by atomic mass is 10.2. The summed E-state index contributed by atoms with van der Waals surface area (Å²) in [5.41, 5.74) is 0.710. The smallest absolute Gasteiger partial charge is 0.275 e. The maximum absolute atomic E-state index is 12.8. The van der Waals surface area contributed by atoms with E-state index in [1.165, 1.54) is 4.68 Å². The van der Waals surface area contributed by atoms with Crippen molar-refractivity contribution in [3.05, 3.63) is 58.4 Å². The number of nitrogens with zero attached hydrogens (tertiary/aromatic N) is 6. The van der Waals surface area contributed by atoms with Crippen molar-refractivity contribution in [3.63, 3.8) is 0 Å². The van der Waals surface area contributed by atoms with Crippen molar-refractivity contribution in [1.29, 1.82) is 0 Å². The Kier molecular flexibility index (Phi) is 5.48. The van der Waals surface area contributed by atoms with E-state index < -0.39 is 0 Å². The van der Waals surface area contributed by atoms with Gasteiger partial charge in [0.1, 0.15) is 18.2 Å². The van der Waals surface area contributed by atoms with Crippen LogP contribution >= 0.6 is 0 Å². The van der Waals surface area contributed by atoms with Gasteiger partial charge in [-0.25, -0.2) is 14.6 Å². The monoisotopic (exact) mass is 406 g/mol. The molecule has 3 aromatic rings. The van der Waals surface area contributed by atoms with Gasteiger partial charge in [0.2, 0.25) is 5.91 Å². The summed E-state index contributed by atoms with van der Waals surface area (Å²) in [7, 11) is 0. The SMILES string of the molecule is Cc1cc(N2CCN(C(=O)Cn3ncc4ccccc4c3=O)CC2)nc(C(C)C)n1. The molecule has 4 rings (SSSR count). The summed E-state index contributed by atoms with van der Waals surface area (Å²) in [5.74, 6) is 1.91. The molecule has 0 radical (unpaired) electrons. The zero-order valence-electron chi connectivity index (χ0n) is 17.6. The molecule has 3 heterocycles. The largest absolute Gasteiger partial charge is 0.353 e. The molecule has 1 fully saturated rings. The van der Waals surface area contributed by atoms with Gasteiger partial charge in [0.05, 0.1) is 11.6 Å². The molecular weight excluding hydrogens is 380 g/mol. The second-order valence-electron chi connectivity index (χ2n) is 7.94. The standard InChI is InChI=1S/C22H26N6O2/c1-15(2)21-24-16(3)12-19(25-21)26-8-10-27(11-9-26)20(29)14-28-22(30)18-7-5-4-6-17(18)13-23-28/h4-7,12-13,15H,8-11,14H2,1-3H3. The Morgan fingerprint density at radius 2 is 1.83 bits per heavy atom. The van der Waals surface area contributed by atoms with Gasteiger partial charge in [0.25, 0.3) is 5.56 Å². The average molecular weight is 406 g/mol. The van der Waals surface area contributed by atoms with Crippen LogP contribution in [0.4, 0.5) is 5.82 Å². The fraction of sp³-hybridized carbons (Fsp3) is 0.409. The number of piperazine rings is 1. The van der Waals surface area contributed by atoms with Gasteiger partial charge in [-0.2, -0.15) is 5.10 Å². The number of rotatable bonds is 4. The summed E-state index contributed by atoms with van der Waals surface area (Å²) in [6, 6.07) is 9.27. The maximum atomic E-state index is 12.8. The second-order valence-corrected chi connectivity index (χ2v) is 7.94. The van der Waals surface area contributed by atoms with Crippen LogP contribution in [0.5, 0.6) is 0 Å². The van der Waals surface area contributed by atoms with Crippen molar-refractivity contribution in [2.45, 2.75) is 33.2 Å². The third-order valence-corrected chi connectivity index (χ3v) is 5.38. The van der Waals surface area contributed by atoms with Crippen molar-refractivity contribution in [3.8, 4) is 0 Å². The van der Waals surface area contributed by atoms with Crippen LogP contribution in [-0.2, 0) is 11.3 Å². The van der Waals surface area contributed by atoms with E-state index in [9.17, 15) is 9.59 Å². The molecule has 8 nitrogen and oxygen atoms in total. The van der Waals surface area contributed by atoms with Crippen molar-refractivity contribution in [2.24, 2.45) is 0 Å². The molecule has 156 valence electrons. The fourth-order valence-corrected chi connectivity index (χ4v) is 3.65. The lowest BCUT2D eigenvalue weighted by molar-refractivity contribution is -0.132. The number of benzene rings is 1. The minimum absolute atomic E-state index is 0.0478. The van der Waals surface area contributed by atoms with E-state index in [1.807, 2.05) is 31.2 Å². The fourth-order valence-electron chi connectivity index (χ4n) is 3.65. The Bertz CT molecular complexity index is 1130. The first kappa shape index (κ1) is 20.0. The Morgan fingerprint density at radius 3 is 2.57 bits per heavy atom. The predicted octanol–water partition coefficient (Wildman–Crippen LogP) is 1.97. The van der Waals surface area contributed by atoms with E-state index in [0.717, 1.165) is 22.7 Å². The van der Waals surface area contributed by atoms with Crippen LogP contribution in [0, 0.1) is 6.92 Å². The highest BCUT2D eigenvalue weighted by atomic mass is 16.2. The van der Waals surface area contributed by atoms with Gasteiger partial charge in [-0.3, -0.25) is 9.59 Å². The van der Waals surface area contributed by atoms with E-state index >= 15 is 0 Å². The Hall–Kier alpha value is -3.29. The van der Waals surface area contributed by atoms with Crippen molar-refractivity contribution in [1.82, 2.24) is 24.6 Å². The van der Waals surface area contributed by atoms with Crippen LogP contribution in [0.1, 0.15) is 31.3 Å². The van der Waals surface area contributed by atoms with Crippen LogP contribution in [0.3, 0.4) is 0 Å². The molecule has 2 aromatic heterocycles. The molecule has 0 spiro atoms. The first-order chi connectivity index (χ1) is 14.4. The van der Waals surface area contributed by atoms with Gasteiger partial charge < -0.3 is 9.80 Å². The van der Waals surface area contributed by atoms with E-state index in [1.54, 1.807) is 17.2 Å². The number of fused-ring (bicyclic) bond motifs is 1. The number of hydrogen-bond donors (Lipinski definition) is 0. The van der Waals surface area contributed by atoms with Crippen LogP contribution in [0.25, 0.3) is 10.8 Å². The zero-order chi connectivity index (χ0) is 21.3. The molecule has 1 aromatic carbocycles. The molecular formula is C22H26N6O2. The number of aryl methyl sites for hydroxylation is 1. The maximum Gasteiger partial charge on any atom is 0.275 e. The summed E-state index contributed by atoms with van der Waals surface area (Å²) in [6.07, 6.45) is 1.63. The number of anilines is 1. The molecule has 0 bridgehead atoms. The highest BCUT2D eigenvalue weighted by Crippen LogP contribution is 2.19. The molecule has 8 heteroatoms. The molecule has 0 saturated carbocycles. The van der Waals surface area contributed by atoms with Crippen molar-refractivity contribution >= 4 is 22.5 Å². The first-order valence-corrected chi connectivity index (χ1v) is 10.3. The molecule has 1 amide bonds. The van der Waals surface area contributed by atoms with Gasteiger partial charge in [0.15, 0.2) is 0 Å². The summed E-state index contributed by atoms with van der Waals surface area (Å²) in [6.45, 7) is 8.65. The molecule has 1 aliphatic rings. The molecule has 0 atom stereocenters. The quantitative estimate of drug-likeness (QED) is 0.659. The third-order valence-electron chi connectivity index (χ3n) is 5.38. The predicted molar refractivity (Wildman–Crippen MR) is 116 cm³/mol. The number of carbonyl (C=O) groups excluding carboxylic acids is 1. The van der Waals surface area contributed by atoms with Crippen molar-refractivity contribution in [2.75, 3.05) is 31.1 Å². The molecule has 1 saturated heterocycles. The lowest BCUT2D eigenvalue weighted by Crippen LogP contribution is -2.50. The average Bonchev–Trinajstić information content (AvgIpc) is 2.75. The van der Waals surface area contributed by atoms with E-state index in [2.05, 4.69) is 28.8 Å². The normalized spacial score (nSPS) is 14.5. The Labute approximate surface area is 175 Å². The van der Waals surface area contributed by atoms with Gasteiger partial charge in [-0.15, -0.1) is 0 Å². The minimum Gasteiger partial charge on any atom is -0.353 e. The number of hydrogen-bond acceptors (Lipinski definition) is 6. The van der Waals surface area contributed by atoms with Gasteiger partial charge >= 0.3 is 0 Å². The van der Waals surface area contributed by atoms with Crippen LogP contribution < -0.4 is 10.5 Å². The number of amides is 1. The molecule has 0 unspecified atom stereocenters. The summed E-state index contributed by atoms with van der Waals surface area (Å²) >= 11 is 0.